The zero-order valence-corrected chi connectivity index (χ0v) is 11.4. The van der Waals surface area contributed by atoms with Crippen molar-refractivity contribution in [1.29, 1.82) is 0 Å². The molecule has 3 heteroatoms. The molecule has 3 nitrogen and oxygen atoms in total. The summed E-state index contributed by atoms with van der Waals surface area (Å²) in [6.45, 7) is 0.502. The number of carbonyl (C=O) groups excluding carboxylic acids is 1. The minimum Gasteiger partial charge on any atom is -0.497 e. The molecule has 1 amide bonds. The van der Waals surface area contributed by atoms with Gasteiger partial charge >= 0.3 is 0 Å². The molecule has 0 saturated carbocycles. The lowest BCUT2D eigenvalue weighted by atomic mass is 10.2. The van der Waals surface area contributed by atoms with Gasteiger partial charge in [0, 0.05) is 12.6 Å². The van der Waals surface area contributed by atoms with Crippen LogP contribution in [0.3, 0.4) is 0 Å². The van der Waals surface area contributed by atoms with E-state index in [2.05, 4.69) is 5.32 Å². The Bertz CT molecular complexity index is 574. The number of hydrogen-bond acceptors (Lipinski definition) is 2. The summed E-state index contributed by atoms with van der Waals surface area (Å²) in [5.74, 6) is 0.703. The Balaban J connectivity index is 1.84. The van der Waals surface area contributed by atoms with Gasteiger partial charge in [0.1, 0.15) is 5.75 Å². The Morgan fingerprint density at radius 1 is 1.10 bits per heavy atom. The average molecular weight is 267 g/mol. The number of ether oxygens (including phenoxy) is 1. The van der Waals surface area contributed by atoms with E-state index >= 15 is 0 Å². The molecule has 2 aromatic carbocycles. The first-order valence-electron chi connectivity index (χ1n) is 6.42. The second-order valence-electron chi connectivity index (χ2n) is 4.31. The fraction of sp³-hybridized carbons (Fsp3) is 0.118. The summed E-state index contributed by atoms with van der Waals surface area (Å²) >= 11 is 0. The fourth-order valence-corrected chi connectivity index (χ4v) is 1.73. The molecule has 0 atom stereocenters. The monoisotopic (exact) mass is 267 g/mol. The first-order valence-corrected chi connectivity index (χ1v) is 6.42. The molecule has 1 N–H and O–H groups in total. The van der Waals surface area contributed by atoms with Crippen LogP contribution in [-0.4, -0.2) is 13.0 Å². The van der Waals surface area contributed by atoms with Gasteiger partial charge in [-0.15, -0.1) is 0 Å². The molecule has 0 bridgehead atoms. The van der Waals surface area contributed by atoms with Crippen molar-refractivity contribution in [3.63, 3.8) is 0 Å². The van der Waals surface area contributed by atoms with E-state index in [0.717, 1.165) is 16.9 Å². The standard InChI is InChI=1S/C17H17NO2/c1-20-16-10-7-15(8-11-16)13-18-17(19)12-9-14-5-3-2-4-6-14/h2-12H,13H2,1H3,(H,18,19)/b12-9+. The molecule has 0 aliphatic carbocycles. The molecule has 0 unspecified atom stereocenters. The Hall–Kier alpha value is -2.55. The number of benzene rings is 2. The predicted molar refractivity (Wildman–Crippen MR) is 80.3 cm³/mol. The Morgan fingerprint density at radius 2 is 1.80 bits per heavy atom. The van der Waals surface area contributed by atoms with Gasteiger partial charge in [-0.1, -0.05) is 42.5 Å². The van der Waals surface area contributed by atoms with Crippen molar-refractivity contribution < 1.29 is 9.53 Å². The molecule has 0 radical (unpaired) electrons. The van der Waals surface area contributed by atoms with E-state index in [1.807, 2.05) is 54.6 Å². The van der Waals surface area contributed by atoms with Crippen molar-refractivity contribution in [3.05, 3.63) is 71.8 Å². The van der Waals surface area contributed by atoms with Crippen molar-refractivity contribution in [2.45, 2.75) is 6.54 Å². The van der Waals surface area contributed by atoms with Crippen LogP contribution >= 0.6 is 0 Å². The minimum absolute atomic E-state index is 0.107. The van der Waals surface area contributed by atoms with Gasteiger partial charge in [0.15, 0.2) is 0 Å². The number of nitrogens with one attached hydrogen (secondary N) is 1. The van der Waals surface area contributed by atoms with Gasteiger partial charge in [-0.3, -0.25) is 4.79 Å². The summed E-state index contributed by atoms with van der Waals surface area (Å²) in [7, 11) is 1.63. The molecule has 0 fully saturated rings. The van der Waals surface area contributed by atoms with Gasteiger partial charge in [-0.05, 0) is 29.3 Å². The summed E-state index contributed by atoms with van der Waals surface area (Å²) in [5, 5.41) is 2.84. The molecular weight excluding hydrogens is 250 g/mol. The van der Waals surface area contributed by atoms with Crippen LogP contribution in [0.2, 0.25) is 0 Å². The highest BCUT2D eigenvalue weighted by Gasteiger charge is 1.97. The Morgan fingerprint density at radius 3 is 2.45 bits per heavy atom. The van der Waals surface area contributed by atoms with E-state index in [-0.39, 0.29) is 5.91 Å². The lowest BCUT2D eigenvalue weighted by Crippen LogP contribution is -2.20. The van der Waals surface area contributed by atoms with E-state index in [1.54, 1.807) is 19.3 Å². The summed E-state index contributed by atoms with van der Waals surface area (Å²) in [4.78, 5) is 11.7. The SMILES string of the molecule is COc1ccc(CNC(=O)/C=C/c2ccccc2)cc1. The van der Waals surface area contributed by atoms with Crippen LogP contribution < -0.4 is 10.1 Å². The highest BCUT2D eigenvalue weighted by atomic mass is 16.5. The van der Waals surface area contributed by atoms with Crippen molar-refractivity contribution in [2.75, 3.05) is 7.11 Å². The van der Waals surface area contributed by atoms with Gasteiger partial charge in [-0.25, -0.2) is 0 Å². The van der Waals surface area contributed by atoms with Gasteiger partial charge in [-0.2, -0.15) is 0 Å². The summed E-state index contributed by atoms with van der Waals surface area (Å²) in [6.07, 6.45) is 3.34. The minimum atomic E-state index is -0.107. The molecular formula is C17H17NO2. The molecule has 2 rings (SSSR count). The molecule has 0 saturated heterocycles. The summed E-state index contributed by atoms with van der Waals surface area (Å²) < 4.78 is 5.08. The first-order chi connectivity index (χ1) is 9.78. The molecule has 2 aromatic rings. The Kier molecular flexibility index (Phi) is 4.95. The smallest absolute Gasteiger partial charge is 0.244 e. The van der Waals surface area contributed by atoms with E-state index in [0.29, 0.717) is 6.54 Å². The average Bonchev–Trinajstić information content (AvgIpc) is 2.52. The topological polar surface area (TPSA) is 38.3 Å². The van der Waals surface area contributed by atoms with Crippen molar-refractivity contribution in [2.24, 2.45) is 0 Å². The van der Waals surface area contributed by atoms with Crippen LogP contribution in [0.1, 0.15) is 11.1 Å². The fourth-order valence-electron chi connectivity index (χ4n) is 1.73. The molecule has 0 heterocycles. The second kappa shape index (κ2) is 7.14. The molecule has 0 aliphatic rings. The lowest BCUT2D eigenvalue weighted by Gasteiger charge is -2.04. The van der Waals surface area contributed by atoms with Crippen LogP contribution in [0.4, 0.5) is 0 Å². The number of methoxy groups -OCH3 is 1. The zero-order chi connectivity index (χ0) is 14.2. The Labute approximate surface area is 118 Å². The predicted octanol–water partition coefficient (Wildman–Crippen LogP) is 3.02. The highest BCUT2D eigenvalue weighted by molar-refractivity contribution is 5.91. The van der Waals surface area contributed by atoms with Crippen molar-refractivity contribution in [3.8, 4) is 5.75 Å². The van der Waals surface area contributed by atoms with Gasteiger partial charge in [0.05, 0.1) is 7.11 Å². The number of hydrogen-bond donors (Lipinski definition) is 1. The van der Waals surface area contributed by atoms with Crippen molar-refractivity contribution in [1.82, 2.24) is 5.32 Å². The zero-order valence-electron chi connectivity index (χ0n) is 11.4. The lowest BCUT2D eigenvalue weighted by molar-refractivity contribution is -0.116. The van der Waals surface area contributed by atoms with Crippen LogP contribution in [-0.2, 0) is 11.3 Å². The maximum atomic E-state index is 11.7. The van der Waals surface area contributed by atoms with Crippen LogP contribution in [0.15, 0.2) is 60.7 Å². The van der Waals surface area contributed by atoms with E-state index in [1.165, 1.54) is 0 Å². The number of carbonyl (C=O) groups is 1. The number of rotatable bonds is 5. The van der Waals surface area contributed by atoms with E-state index in [4.69, 9.17) is 4.74 Å². The second-order valence-corrected chi connectivity index (χ2v) is 4.31. The highest BCUT2D eigenvalue weighted by Crippen LogP contribution is 2.10. The van der Waals surface area contributed by atoms with E-state index < -0.39 is 0 Å². The summed E-state index contributed by atoms with van der Waals surface area (Å²) in [5.41, 5.74) is 2.04. The maximum Gasteiger partial charge on any atom is 0.244 e. The quantitative estimate of drug-likeness (QED) is 0.846. The third kappa shape index (κ3) is 4.28. The number of amides is 1. The maximum absolute atomic E-state index is 11.7. The van der Waals surface area contributed by atoms with Crippen LogP contribution in [0.25, 0.3) is 6.08 Å². The van der Waals surface area contributed by atoms with Crippen LogP contribution in [0, 0.1) is 0 Å². The van der Waals surface area contributed by atoms with Gasteiger partial charge in [0.2, 0.25) is 5.91 Å². The van der Waals surface area contributed by atoms with Crippen LogP contribution in [0.5, 0.6) is 5.75 Å². The molecule has 102 valence electrons. The third-order valence-corrected chi connectivity index (χ3v) is 2.85. The van der Waals surface area contributed by atoms with Crippen molar-refractivity contribution >= 4 is 12.0 Å². The van der Waals surface area contributed by atoms with Gasteiger partial charge in [0.25, 0.3) is 0 Å². The first kappa shape index (κ1) is 13.9. The van der Waals surface area contributed by atoms with E-state index in [9.17, 15) is 4.79 Å². The third-order valence-electron chi connectivity index (χ3n) is 2.85. The normalized spacial score (nSPS) is 10.4. The summed E-state index contributed by atoms with van der Waals surface area (Å²) in [6, 6.07) is 17.3. The molecule has 0 spiro atoms. The molecule has 0 aliphatic heterocycles. The molecule has 20 heavy (non-hydrogen) atoms. The molecule has 0 aromatic heterocycles. The largest absolute Gasteiger partial charge is 0.497 e. The van der Waals surface area contributed by atoms with Gasteiger partial charge < -0.3 is 10.1 Å².